The highest BCUT2D eigenvalue weighted by Gasteiger charge is 2.11. The van der Waals surface area contributed by atoms with Gasteiger partial charge in [-0.25, -0.2) is 0 Å². The van der Waals surface area contributed by atoms with Crippen molar-refractivity contribution in [1.29, 1.82) is 0 Å². The normalized spacial score (nSPS) is 17.8. The maximum Gasteiger partial charge on any atom is 0.0700 e. The zero-order valence-corrected chi connectivity index (χ0v) is 10.7. The summed E-state index contributed by atoms with van der Waals surface area (Å²) in [5.41, 5.74) is 0. The van der Waals surface area contributed by atoms with Gasteiger partial charge < -0.3 is 14.8 Å². The summed E-state index contributed by atoms with van der Waals surface area (Å²) < 4.78 is 11.0. The van der Waals surface area contributed by atoms with Crippen molar-refractivity contribution in [3.8, 4) is 0 Å². The van der Waals surface area contributed by atoms with Crippen molar-refractivity contribution >= 4 is 0 Å². The second-order valence-corrected chi connectivity index (χ2v) is 4.56. The average molecular weight is 229 g/mol. The summed E-state index contributed by atoms with van der Waals surface area (Å²) >= 11 is 0. The molecule has 1 fully saturated rings. The summed E-state index contributed by atoms with van der Waals surface area (Å²) in [4.78, 5) is 0. The second-order valence-electron chi connectivity index (χ2n) is 4.56. The molecule has 3 heteroatoms. The lowest BCUT2D eigenvalue weighted by Crippen LogP contribution is -2.28. The van der Waals surface area contributed by atoms with Gasteiger partial charge in [-0.15, -0.1) is 0 Å². The van der Waals surface area contributed by atoms with Gasteiger partial charge in [0.25, 0.3) is 0 Å². The summed E-state index contributed by atoms with van der Waals surface area (Å²) in [6.45, 7) is 7.85. The third-order valence-corrected chi connectivity index (χ3v) is 3.14. The molecular formula is C13H27NO2. The summed E-state index contributed by atoms with van der Waals surface area (Å²) in [5.74, 6) is 0.877. The van der Waals surface area contributed by atoms with Crippen molar-refractivity contribution in [2.45, 2.75) is 39.0 Å². The van der Waals surface area contributed by atoms with E-state index in [0.717, 1.165) is 38.8 Å². The molecule has 0 spiro atoms. The van der Waals surface area contributed by atoms with Crippen LogP contribution in [0.1, 0.15) is 39.0 Å². The van der Waals surface area contributed by atoms with Crippen LogP contribution in [-0.2, 0) is 9.47 Å². The van der Waals surface area contributed by atoms with Crippen molar-refractivity contribution in [3.63, 3.8) is 0 Å². The lowest BCUT2D eigenvalue weighted by Gasteiger charge is -2.22. The number of hydrogen-bond acceptors (Lipinski definition) is 3. The van der Waals surface area contributed by atoms with Crippen molar-refractivity contribution in [2.75, 3.05) is 39.5 Å². The molecule has 0 aromatic rings. The van der Waals surface area contributed by atoms with E-state index in [2.05, 4.69) is 12.2 Å². The fourth-order valence-electron chi connectivity index (χ4n) is 1.99. The zero-order chi connectivity index (χ0) is 11.5. The van der Waals surface area contributed by atoms with Crippen molar-refractivity contribution in [3.05, 3.63) is 0 Å². The monoisotopic (exact) mass is 229 g/mol. The molecule has 0 atom stereocenters. The molecule has 0 amide bonds. The second kappa shape index (κ2) is 10.1. The molecular weight excluding hydrogens is 202 g/mol. The van der Waals surface area contributed by atoms with Crippen molar-refractivity contribution in [2.24, 2.45) is 5.92 Å². The first kappa shape index (κ1) is 13.9. The van der Waals surface area contributed by atoms with Gasteiger partial charge in [0.2, 0.25) is 0 Å². The molecule has 1 rings (SSSR count). The summed E-state index contributed by atoms with van der Waals surface area (Å²) in [5, 5.41) is 3.38. The van der Waals surface area contributed by atoms with Crippen LogP contribution in [0.2, 0.25) is 0 Å². The lowest BCUT2D eigenvalue weighted by molar-refractivity contribution is 0.0406. The third-order valence-electron chi connectivity index (χ3n) is 3.14. The first-order valence-electron chi connectivity index (χ1n) is 6.79. The molecule has 0 bridgehead atoms. The Morgan fingerprint density at radius 1 is 1.00 bits per heavy atom. The van der Waals surface area contributed by atoms with Gasteiger partial charge in [-0.3, -0.25) is 0 Å². The Bertz CT molecular complexity index is 147. The van der Waals surface area contributed by atoms with E-state index >= 15 is 0 Å². The molecule has 0 aliphatic carbocycles. The van der Waals surface area contributed by atoms with Gasteiger partial charge in [-0.2, -0.15) is 0 Å². The maximum atomic E-state index is 5.57. The molecule has 0 unspecified atom stereocenters. The molecule has 96 valence electrons. The Kier molecular flexibility index (Phi) is 8.77. The van der Waals surface area contributed by atoms with E-state index in [9.17, 15) is 0 Å². The first-order valence-corrected chi connectivity index (χ1v) is 6.79. The van der Waals surface area contributed by atoms with E-state index in [-0.39, 0.29) is 0 Å². The highest BCUT2D eigenvalue weighted by Crippen LogP contribution is 2.15. The van der Waals surface area contributed by atoms with Crippen LogP contribution in [0.3, 0.4) is 0 Å². The molecule has 1 aliphatic rings. The van der Waals surface area contributed by atoms with Crippen LogP contribution in [0.15, 0.2) is 0 Å². The van der Waals surface area contributed by atoms with E-state index in [1.165, 1.54) is 38.8 Å². The van der Waals surface area contributed by atoms with Gasteiger partial charge in [-0.05, 0) is 44.7 Å². The Morgan fingerprint density at radius 2 is 1.69 bits per heavy atom. The Morgan fingerprint density at radius 3 is 2.38 bits per heavy atom. The van der Waals surface area contributed by atoms with Crippen LogP contribution in [0, 0.1) is 5.92 Å². The van der Waals surface area contributed by atoms with Gasteiger partial charge in [0.1, 0.15) is 0 Å². The van der Waals surface area contributed by atoms with Crippen LogP contribution in [0.25, 0.3) is 0 Å². The zero-order valence-electron chi connectivity index (χ0n) is 10.7. The standard InChI is InChI=1S/C13H27NO2/c1-2-3-9-15-11-12-16-10-6-13-4-7-14-8-5-13/h13-14H,2-12H2,1H3. The molecule has 3 nitrogen and oxygen atoms in total. The summed E-state index contributed by atoms with van der Waals surface area (Å²) in [6, 6.07) is 0. The highest BCUT2D eigenvalue weighted by atomic mass is 16.5. The largest absolute Gasteiger partial charge is 0.379 e. The van der Waals surface area contributed by atoms with E-state index in [1.54, 1.807) is 0 Å². The summed E-state index contributed by atoms with van der Waals surface area (Å²) in [7, 11) is 0. The minimum absolute atomic E-state index is 0.756. The molecule has 1 N–H and O–H groups in total. The molecule has 1 heterocycles. The third kappa shape index (κ3) is 7.20. The number of piperidine rings is 1. The van der Waals surface area contributed by atoms with E-state index in [0.29, 0.717) is 0 Å². The van der Waals surface area contributed by atoms with Gasteiger partial charge in [0.05, 0.1) is 13.2 Å². The summed E-state index contributed by atoms with van der Waals surface area (Å²) in [6.07, 6.45) is 6.22. The molecule has 0 saturated carbocycles. The molecule has 1 aliphatic heterocycles. The average Bonchev–Trinajstić information content (AvgIpc) is 2.34. The quantitative estimate of drug-likeness (QED) is 0.615. The number of nitrogens with one attached hydrogen (secondary N) is 1. The molecule has 16 heavy (non-hydrogen) atoms. The SMILES string of the molecule is CCCCOCCOCCC1CCNCC1. The van der Waals surface area contributed by atoms with Gasteiger partial charge in [0, 0.05) is 13.2 Å². The van der Waals surface area contributed by atoms with Crippen LogP contribution >= 0.6 is 0 Å². The minimum atomic E-state index is 0.756. The Hall–Kier alpha value is -0.120. The number of hydrogen-bond donors (Lipinski definition) is 1. The first-order chi connectivity index (χ1) is 7.93. The Balaban J connectivity index is 1.77. The van der Waals surface area contributed by atoms with Crippen LogP contribution in [0.4, 0.5) is 0 Å². The van der Waals surface area contributed by atoms with E-state index in [1.807, 2.05) is 0 Å². The minimum Gasteiger partial charge on any atom is -0.379 e. The predicted molar refractivity (Wildman–Crippen MR) is 66.8 cm³/mol. The van der Waals surface area contributed by atoms with Crippen LogP contribution < -0.4 is 5.32 Å². The maximum absolute atomic E-state index is 5.57. The van der Waals surface area contributed by atoms with E-state index in [4.69, 9.17) is 9.47 Å². The highest BCUT2D eigenvalue weighted by molar-refractivity contribution is 4.67. The molecule has 0 radical (unpaired) electrons. The Labute approximate surface area is 99.9 Å². The fourth-order valence-corrected chi connectivity index (χ4v) is 1.99. The van der Waals surface area contributed by atoms with Crippen molar-refractivity contribution < 1.29 is 9.47 Å². The number of unbranched alkanes of at least 4 members (excludes halogenated alkanes) is 1. The van der Waals surface area contributed by atoms with Gasteiger partial charge >= 0.3 is 0 Å². The molecule has 1 saturated heterocycles. The number of ether oxygens (including phenoxy) is 2. The predicted octanol–water partition coefficient (Wildman–Crippen LogP) is 2.21. The van der Waals surface area contributed by atoms with Crippen LogP contribution in [0.5, 0.6) is 0 Å². The number of rotatable bonds is 9. The van der Waals surface area contributed by atoms with Crippen LogP contribution in [-0.4, -0.2) is 39.5 Å². The van der Waals surface area contributed by atoms with Crippen molar-refractivity contribution in [1.82, 2.24) is 5.32 Å². The molecule has 0 aromatic carbocycles. The topological polar surface area (TPSA) is 30.5 Å². The smallest absolute Gasteiger partial charge is 0.0700 e. The lowest BCUT2D eigenvalue weighted by atomic mass is 9.95. The van der Waals surface area contributed by atoms with Gasteiger partial charge in [0.15, 0.2) is 0 Å². The van der Waals surface area contributed by atoms with E-state index < -0.39 is 0 Å². The molecule has 0 aromatic heterocycles. The fraction of sp³-hybridized carbons (Fsp3) is 1.00. The van der Waals surface area contributed by atoms with Gasteiger partial charge in [-0.1, -0.05) is 13.3 Å².